The molecular formula is C12H12F3NO3. The van der Waals surface area contributed by atoms with Crippen LogP contribution in [0.2, 0.25) is 0 Å². The third-order valence-corrected chi connectivity index (χ3v) is 2.01. The standard InChI is InChI=1S/C12H12F3NO3/c1-8(17)19-11(12(13,14)15)16-10(18-2)9-6-4-3-5-7-9/h3-7,11H,1-2H3/b16-10+. The number of alkyl halides is 3. The van der Waals surface area contributed by atoms with Crippen LogP contribution in [0.15, 0.2) is 35.3 Å². The Hall–Kier alpha value is -2.05. The minimum atomic E-state index is -4.80. The lowest BCUT2D eigenvalue weighted by Gasteiger charge is -2.17. The van der Waals surface area contributed by atoms with Crippen LogP contribution in [-0.2, 0) is 14.3 Å². The Morgan fingerprint density at radius 3 is 2.26 bits per heavy atom. The Labute approximate surface area is 107 Å². The summed E-state index contributed by atoms with van der Waals surface area (Å²) in [5.74, 6) is -1.33. The highest BCUT2D eigenvalue weighted by Gasteiger charge is 2.43. The first kappa shape index (κ1) is 15.0. The van der Waals surface area contributed by atoms with E-state index in [1.807, 2.05) is 0 Å². The van der Waals surface area contributed by atoms with Gasteiger partial charge in [0.2, 0.25) is 5.90 Å². The lowest BCUT2D eigenvalue weighted by atomic mass is 10.2. The highest BCUT2D eigenvalue weighted by Crippen LogP contribution is 2.25. The van der Waals surface area contributed by atoms with Crippen molar-refractivity contribution in [2.45, 2.75) is 19.3 Å². The zero-order valence-corrected chi connectivity index (χ0v) is 10.3. The summed E-state index contributed by atoms with van der Waals surface area (Å²) >= 11 is 0. The average molecular weight is 275 g/mol. The number of carbonyl (C=O) groups is 1. The van der Waals surface area contributed by atoms with Gasteiger partial charge in [-0.15, -0.1) is 0 Å². The molecule has 0 fully saturated rings. The molecule has 0 aliphatic carbocycles. The summed E-state index contributed by atoms with van der Waals surface area (Å²) in [4.78, 5) is 14.0. The molecule has 0 N–H and O–H groups in total. The van der Waals surface area contributed by atoms with E-state index in [9.17, 15) is 18.0 Å². The summed E-state index contributed by atoms with van der Waals surface area (Å²) in [6.45, 7) is 0.878. The molecule has 1 atom stereocenters. The first-order valence-corrected chi connectivity index (χ1v) is 5.25. The van der Waals surface area contributed by atoms with E-state index in [4.69, 9.17) is 4.74 Å². The number of carbonyl (C=O) groups excluding carboxylic acids is 1. The smallest absolute Gasteiger partial charge is 0.447 e. The Kier molecular flexibility index (Phi) is 4.91. The molecule has 0 bridgehead atoms. The Bertz CT molecular complexity index is 457. The van der Waals surface area contributed by atoms with Gasteiger partial charge in [0, 0.05) is 12.5 Å². The third-order valence-electron chi connectivity index (χ3n) is 2.01. The van der Waals surface area contributed by atoms with Crippen LogP contribution >= 0.6 is 0 Å². The summed E-state index contributed by atoms with van der Waals surface area (Å²) in [7, 11) is 1.19. The molecule has 7 heteroatoms. The quantitative estimate of drug-likeness (QED) is 0.484. The number of hydrogen-bond donors (Lipinski definition) is 0. The molecule has 1 rings (SSSR count). The second-order valence-corrected chi connectivity index (χ2v) is 3.51. The SMILES string of the molecule is CO/C(=N/C(OC(C)=O)C(F)(F)F)c1ccccc1. The number of esters is 1. The molecule has 0 aromatic heterocycles. The molecule has 0 aliphatic rings. The highest BCUT2D eigenvalue weighted by molar-refractivity contribution is 5.94. The maximum Gasteiger partial charge on any atom is 0.447 e. The fourth-order valence-electron chi connectivity index (χ4n) is 1.26. The summed E-state index contributed by atoms with van der Waals surface area (Å²) < 4.78 is 46.9. The lowest BCUT2D eigenvalue weighted by Crippen LogP contribution is -2.33. The van der Waals surface area contributed by atoms with E-state index in [2.05, 4.69) is 9.73 Å². The van der Waals surface area contributed by atoms with Crippen molar-refractivity contribution in [2.24, 2.45) is 4.99 Å². The molecule has 1 aromatic rings. The normalized spacial score (nSPS) is 13.8. The van der Waals surface area contributed by atoms with Crippen molar-refractivity contribution in [3.05, 3.63) is 35.9 Å². The molecule has 0 radical (unpaired) electrons. The minimum Gasteiger partial charge on any atom is -0.481 e. The molecule has 19 heavy (non-hydrogen) atoms. The van der Waals surface area contributed by atoms with Crippen LogP contribution in [0.4, 0.5) is 13.2 Å². The molecule has 0 amide bonds. The second-order valence-electron chi connectivity index (χ2n) is 3.51. The van der Waals surface area contributed by atoms with E-state index in [0.29, 0.717) is 5.56 Å². The van der Waals surface area contributed by atoms with Crippen molar-refractivity contribution >= 4 is 11.9 Å². The van der Waals surface area contributed by atoms with Crippen molar-refractivity contribution < 1.29 is 27.4 Å². The third kappa shape index (κ3) is 4.61. The maximum atomic E-state index is 12.7. The van der Waals surface area contributed by atoms with Gasteiger partial charge < -0.3 is 9.47 Å². The van der Waals surface area contributed by atoms with Crippen LogP contribution in [0.5, 0.6) is 0 Å². The van der Waals surface area contributed by atoms with Gasteiger partial charge in [-0.05, 0) is 12.1 Å². The van der Waals surface area contributed by atoms with E-state index in [0.717, 1.165) is 6.92 Å². The number of nitrogens with zero attached hydrogens (tertiary/aromatic N) is 1. The zero-order chi connectivity index (χ0) is 14.5. The van der Waals surface area contributed by atoms with Gasteiger partial charge in [0.05, 0.1) is 7.11 Å². The molecule has 1 unspecified atom stereocenters. The summed E-state index contributed by atoms with van der Waals surface area (Å²) in [5.41, 5.74) is 0.353. The van der Waals surface area contributed by atoms with Gasteiger partial charge in [-0.1, -0.05) is 18.2 Å². The first-order valence-electron chi connectivity index (χ1n) is 5.25. The minimum absolute atomic E-state index is 0.260. The van der Waals surface area contributed by atoms with E-state index in [1.165, 1.54) is 19.2 Å². The topological polar surface area (TPSA) is 47.9 Å². The molecule has 0 spiro atoms. The lowest BCUT2D eigenvalue weighted by molar-refractivity contribution is -0.217. The predicted molar refractivity (Wildman–Crippen MR) is 61.6 cm³/mol. The van der Waals surface area contributed by atoms with E-state index in [1.54, 1.807) is 18.2 Å². The Morgan fingerprint density at radius 2 is 1.84 bits per heavy atom. The van der Waals surface area contributed by atoms with Crippen molar-refractivity contribution in [1.82, 2.24) is 0 Å². The van der Waals surface area contributed by atoms with E-state index in [-0.39, 0.29) is 5.90 Å². The largest absolute Gasteiger partial charge is 0.481 e. The Balaban J connectivity index is 3.08. The molecule has 0 saturated heterocycles. The molecule has 0 aliphatic heterocycles. The molecule has 0 saturated carbocycles. The summed E-state index contributed by atoms with van der Waals surface area (Å²) in [5, 5.41) is 0. The van der Waals surface area contributed by atoms with Crippen LogP contribution in [-0.4, -0.2) is 31.4 Å². The molecule has 1 aromatic carbocycles. The summed E-state index contributed by atoms with van der Waals surface area (Å²) in [6, 6.07) is 8.01. The number of halogens is 3. The van der Waals surface area contributed by atoms with Gasteiger partial charge in [0.25, 0.3) is 6.23 Å². The van der Waals surface area contributed by atoms with Crippen LogP contribution in [0.3, 0.4) is 0 Å². The van der Waals surface area contributed by atoms with Crippen molar-refractivity contribution in [2.75, 3.05) is 7.11 Å². The zero-order valence-electron chi connectivity index (χ0n) is 10.3. The van der Waals surface area contributed by atoms with Crippen molar-refractivity contribution in [3.63, 3.8) is 0 Å². The highest BCUT2D eigenvalue weighted by atomic mass is 19.4. The van der Waals surface area contributed by atoms with Crippen molar-refractivity contribution in [1.29, 1.82) is 0 Å². The van der Waals surface area contributed by atoms with Gasteiger partial charge in [0.1, 0.15) is 0 Å². The first-order chi connectivity index (χ1) is 8.84. The predicted octanol–water partition coefficient (Wildman–Crippen LogP) is 2.53. The second kappa shape index (κ2) is 6.21. The van der Waals surface area contributed by atoms with Gasteiger partial charge in [0.15, 0.2) is 0 Å². The number of benzene rings is 1. The average Bonchev–Trinajstić information content (AvgIpc) is 2.33. The number of ether oxygens (including phenoxy) is 2. The fraction of sp³-hybridized carbons (Fsp3) is 0.333. The Morgan fingerprint density at radius 1 is 1.26 bits per heavy atom. The molecular weight excluding hydrogens is 263 g/mol. The molecule has 4 nitrogen and oxygen atoms in total. The van der Waals surface area contributed by atoms with Gasteiger partial charge in [-0.3, -0.25) is 4.79 Å². The van der Waals surface area contributed by atoms with Crippen LogP contribution in [0.25, 0.3) is 0 Å². The number of hydrogen-bond acceptors (Lipinski definition) is 4. The van der Waals surface area contributed by atoms with Gasteiger partial charge >= 0.3 is 12.1 Å². The monoisotopic (exact) mass is 275 g/mol. The molecule has 104 valence electrons. The van der Waals surface area contributed by atoms with Gasteiger partial charge in [-0.2, -0.15) is 18.2 Å². The fourth-order valence-corrected chi connectivity index (χ4v) is 1.26. The van der Waals surface area contributed by atoms with Gasteiger partial charge in [-0.25, -0.2) is 0 Å². The van der Waals surface area contributed by atoms with Crippen LogP contribution in [0.1, 0.15) is 12.5 Å². The number of rotatable bonds is 3. The number of methoxy groups -OCH3 is 1. The van der Waals surface area contributed by atoms with Crippen molar-refractivity contribution in [3.8, 4) is 0 Å². The van der Waals surface area contributed by atoms with Crippen LogP contribution < -0.4 is 0 Å². The summed E-state index contributed by atoms with van der Waals surface area (Å²) in [6.07, 6.45) is -7.38. The van der Waals surface area contributed by atoms with E-state index < -0.39 is 18.4 Å². The maximum absolute atomic E-state index is 12.7. The number of aliphatic imine (C=N–C) groups is 1. The van der Waals surface area contributed by atoms with E-state index >= 15 is 0 Å². The molecule has 0 heterocycles. The van der Waals surface area contributed by atoms with Crippen LogP contribution in [0, 0.1) is 0 Å².